The zero-order valence-electron chi connectivity index (χ0n) is 25.2. The summed E-state index contributed by atoms with van der Waals surface area (Å²) in [6.45, 7) is 2.41. The van der Waals surface area contributed by atoms with Crippen LogP contribution >= 0.6 is 46.4 Å². The summed E-state index contributed by atoms with van der Waals surface area (Å²) >= 11 is 24.6. The van der Waals surface area contributed by atoms with Gasteiger partial charge >= 0.3 is 0 Å². The van der Waals surface area contributed by atoms with E-state index < -0.39 is 11.6 Å². The number of aromatic nitrogens is 4. The topological polar surface area (TPSA) is 109 Å². The number of fused-ring (bicyclic) bond motifs is 2. The largest absolute Gasteiger partial charge is 0.398 e. The van der Waals surface area contributed by atoms with Crippen molar-refractivity contribution in [3.63, 3.8) is 0 Å². The van der Waals surface area contributed by atoms with Crippen molar-refractivity contribution in [2.75, 3.05) is 11.1 Å². The first-order valence-corrected chi connectivity index (χ1v) is 17.0. The van der Waals surface area contributed by atoms with Crippen LogP contribution in [0.1, 0.15) is 51.4 Å². The van der Waals surface area contributed by atoms with Gasteiger partial charge in [0.25, 0.3) is 11.1 Å². The van der Waals surface area contributed by atoms with Crippen molar-refractivity contribution in [2.24, 2.45) is 5.92 Å². The quantitative estimate of drug-likeness (QED) is 0.209. The Morgan fingerprint density at radius 1 is 0.681 bits per heavy atom. The third-order valence-electron chi connectivity index (χ3n) is 8.99. The second kappa shape index (κ2) is 13.7. The van der Waals surface area contributed by atoms with Gasteiger partial charge in [0.15, 0.2) is 0 Å². The van der Waals surface area contributed by atoms with Crippen LogP contribution in [0.5, 0.6) is 0 Å². The SMILES string of the molecule is Nc1cc(-c2c(Cl)n3n(c2=O)CCCC3)c(F)cc1Cl.O=C(Nc1cc(-c2c(Cl)n3n(c2=O)CCCC3)c(F)cc1Cl)C1CCCC1. The zero-order valence-corrected chi connectivity index (χ0v) is 28.3. The van der Waals surface area contributed by atoms with E-state index >= 15 is 0 Å². The summed E-state index contributed by atoms with van der Waals surface area (Å²) in [7, 11) is 0. The normalized spacial score (nSPS) is 16.0. The molecule has 0 saturated heterocycles. The van der Waals surface area contributed by atoms with E-state index in [4.69, 9.17) is 52.1 Å². The van der Waals surface area contributed by atoms with Crippen LogP contribution in [0.25, 0.3) is 22.3 Å². The van der Waals surface area contributed by atoms with E-state index in [2.05, 4.69) is 5.32 Å². The van der Waals surface area contributed by atoms with Crippen molar-refractivity contribution in [1.29, 1.82) is 0 Å². The van der Waals surface area contributed by atoms with Crippen LogP contribution < -0.4 is 22.2 Å². The molecule has 7 rings (SSSR count). The van der Waals surface area contributed by atoms with Crippen LogP contribution in [-0.2, 0) is 31.0 Å². The molecule has 0 bridgehead atoms. The maximum atomic E-state index is 14.7. The first-order valence-electron chi connectivity index (χ1n) is 15.5. The molecule has 2 aromatic heterocycles. The molecule has 4 aromatic rings. The summed E-state index contributed by atoms with van der Waals surface area (Å²) in [6, 6.07) is 4.99. The third kappa shape index (κ3) is 6.35. The highest BCUT2D eigenvalue weighted by Gasteiger charge is 2.28. The van der Waals surface area contributed by atoms with Gasteiger partial charge in [-0.2, -0.15) is 0 Å². The number of nitrogen functional groups attached to an aromatic ring is 1. The van der Waals surface area contributed by atoms with Gasteiger partial charge in [-0.1, -0.05) is 59.2 Å². The highest BCUT2D eigenvalue weighted by Crippen LogP contribution is 2.36. The van der Waals surface area contributed by atoms with Gasteiger partial charge in [0, 0.05) is 43.2 Å². The number of carbonyl (C=O) groups excluding carboxylic acids is 1. The number of nitrogens with one attached hydrogen (secondary N) is 1. The summed E-state index contributed by atoms with van der Waals surface area (Å²) in [5.41, 5.74) is 6.00. The summed E-state index contributed by atoms with van der Waals surface area (Å²) in [5.74, 6) is -1.41. The van der Waals surface area contributed by atoms with Gasteiger partial charge in [0.2, 0.25) is 5.91 Å². The maximum Gasteiger partial charge on any atom is 0.276 e. The molecule has 3 aliphatic rings. The molecule has 2 aromatic carbocycles. The van der Waals surface area contributed by atoms with E-state index in [9.17, 15) is 23.2 Å². The Labute approximate surface area is 288 Å². The highest BCUT2D eigenvalue weighted by atomic mass is 35.5. The fraction of sp³-hybridized carbons (Fsp3) is 0.406. The van der Waals surface area contributed by atoms with Gasteiger partial charge in [0.05, 0.1) is 32.5 Å². The Bertz CT molecular complexity index is 1990. The van der Waals surface area contributed by atoms with Crippen molar-refractivity contribution >= 4 is 63.7 Å². The first-order chi connectivity index (χ1) is 22.5. The number of rotatable bonds is 4. The second-order valence-electron chi connectivity index (χ2n) is 12.0. The minimum absolute atomic E-state index is 0.0504. The van der Waals surface area contributed by atoms with E-state index in [-0.39, 0.29) is 71.2 Å². The molecule has 0 atom stereocenters. The summed E-state index contributed by atoms with van der Waals surface area (Å²) in [4.78, 5) is 37.6. The van der Waals surface area contributed by atoms with Crippen molar-refractivity contribution in [2.45, 2.75) is 77.5 Å². The third-order valence-corrected chi connectivity index (χ3v) is 10.4. The van der Waals surface area contributed by atoms with Gasteiger partial charge < -0.3 is 11.1 Å². The van der Waals surface area contributed by atoms with Crippen LogP contribution in [-0.4, -0.2) is 24.6 Å². The molecule has 15 heteroatoms. The molecule has 4 heterocycles. The number of anilines is 2. The Morgan fingerprint density at radius 2 is 1.13 bits per heavy atom. The van der Waals surface area contributed by atoms with Crippen molar-refractivity contribution in [3.8, 4) is 22.3 Å². The lowest BCUT2D eigenvalue weighted by molar-refractivity contribution is -0.119. The van der Waals surface area contributed by atoms with Crippen molar-refractivity contribution in [1.82, 2.24) is 18.7 Å². The van der Waals surface area contributed by atoms with Crippen LogP contribution in [0.3, 0.4) is 0 Å². The van der Waals surface area contributed by atoms with Crippen LogP contribution in [0.2, 0.25) is 20.4 Å². The summed E-state index contributed by atoms with van der Waals surface area (Å²) in [6.07, 6.45) is 7.40. The first kappa shape index (κ1) is 33.6. The number of amides is 1. The van der Waals surface area contributed by atoms with Crippen molar-refractivity contribution < 1.29 is 13.6 Å². The average Bonchev–Trinajstić information content (AvgIpc) is 3.75. The predicted octanol–water partition coefficient (Wildman–Crippen LogP) is 7.82. The molecular formula is C32H32Cl4F2N6O3. The number of nitrogens with zero attached hydrogens (tertiary/aromatic N) is 4. The van der Waals surface area contributed by atoms with Crippen LogP contribution in [0.15, 0.2) is 33.9 Å². The van der Waals surface area contributed by atoms with Crippen LogP contribution in [0.4, 0.5) is 20.2 Å². The van der Waals surface area contributed by atoms with E-state index in [1.165, 1.54) is 12.1 Å². The molecular weight excluding hydrogens is 696 g/mol. The van der Waals surface area contributed by atoms with Crippen LogP contribution in [0, 0.1) is 17.6 Å². The molecule has 0 spiro atoms. The molecule has 1 aliphatic carbocycles. The monoisotopic (exact) mass is 726 g/mol. The fourth-order valence-corrected chi connectivity index (χ4v) is 7.59. The second-order valence-corrected chi connectivity index (χ2v) is 13.5. The maximum absolute atomic E-state index is 14.7. The standard InChI is InChI=1S/C19H20Cl2FN3O2.C13H12Cl2FN3O/c20-13-10-14(22)12(9-15(13)23-18(26)11-5-1-2-6-11)16-17(21)24-7-3-4-8-25(24)19(16)27;14-8-6-9(16)7(5-10(8)17)11-12(15)18-3-1-2-4-19(18)13(11)20/h9-11H,1-8H2,(H,23,26);5-6H,1-4,17H2. The van der Waals surface area contributed by atoms with E-state index in [1.54, 1.807) is 18.7 Å². The number of nitrogens with two attached hydrogens (primary N) is 1. The Kier molecular flexibility index (Phi) is 9.81. The van der Waals surface area contributed by atoms with E-state index in [1.807, 2.05) is 0 Å². The van der Waals surface area contributed by atoms with Gasteiger partial charge in [-0.3, -0.25) is 23.7 Å². The van der Waals surface area contributed by atoms with E-state index in [0.29, 0.717) is 31.9 Å². The fourth-order valence-electron chi connectivity index (χ4n) is 6.52. The number of halogens is 6. The van der Waals surface area contributed by atoms with Gasteiger partial charge in [-0.05, 0) is 62.8 Å². The number of hydrogen-bond donors (Lipinski definition) is 2. The molecule has 1 fully saturated rings. The Hall–Kier alpha value is -3.25. The van der Waals surface area contributed by atoms with Gasteiger partial charge in [-0.25, -0.2) is 18.1 Å². The van der Waals surface area contributed by atoms with Gasteiger partial charge in [-0.15, -0.1) is 0 Å². The smallest absolute Gasteiger partial charge is 0.276 e. The molecule has 9 nitrogen and oxygen atoms in total. The number of benzene rings is 2. The Balaban J connectivity index is 0.000000172. The lowest BCUT2D eigenvalue weighted by Crippen LogP contribution is -2.27. The highest BCUT2D eigenvalue weighted by molar-refractivity contribution is 6.35. The average molecular weight is 728 g/mol. The molecule has 1 saturated carbocycles. The molecule has 3 N–H and O–H groups in total. The number of carbonyl (C=O) groups is 1. The minimum Gasteiger partial charge on any atom is -0.398 e. The van der Waals surface area contributed by atoms with E-state index in [0.717, 1.165) is 63.5 Å². The Morgan fingerprint density at radius 3 is 1.62 bits per heavy atom. The molecule has 47 heavy (non-hydrogen) atoms. The molecule has 0 radical (unpaired) electrons. The lowest BCUT2D eigenvalue weighted by Gasteiger charge is -2.17. The zero-order chi connectivity index (χ0) is 33.6. The minimum atomic E-state index is -0.638. The molecule has 250 valence electrons. The predicted molar refractivity (Wildman–Crippen MR) is 182 cm³/mol. The van der Waals surface area contributed by atoms with Gasteiger partial charge in [0.1, 0.15) is 21.9 Å². The molecule has 0 unspecified atom stereocenters. The summed E-state index contributed by atoms with van der Waals surface area (Å²) in [5, 5.41) is 3.47. The summed E-state index contributed by atoms with van der Waals surface area (Å²) < 4.78 is 35.2. The lowest BCUT2D eigenvalue weighted by atomic mass is 10.1. The number of hydrogen-bond acceptors (Lipinski definition) is 4. The van der Waals surface area contributed by atoms with Crippen molar-refractivity contribution in [3.05, 3.63) is 77.0 Å². The molecule has 1 amide bonds. The molecule has 2 aliphatic heterocycles.